The zero-order valence-corrected chi connectivity index (χ0v) is 27.8. The van der Waals surface area contributed by atoms with E-state index < -0.39 is 30.3 Å². The summed E-state index contributed by atoms with van der Waals surface area (Å²) in [6.07, 6.45) is 9.66. The molecular formula is C33H62BN5O4. The van der Waals surface area contributed by atoms with E-state index in [9.17, 15) is 9.59 Å². The molecule has 0 saturated carbocycles. The first-order valence-corrected chi connectivity index (χ1v) is 16.2. The molecule has 4 N–H and O–H groups in total. The van der Waals surface area contributed by atoms with Gasteiger partial charge in [-0.05, 0) is 65.1 Å². The molecule has 10 heteroatoms. The maximum Gasteiger partial charge on any atom is 0.481 e. The van der Waals surface area contributed by atoms with E-state index in [0.29, 0.717) is 25.3 Å². The van der Waals surface area contributed by atoms with Gasteiger partial charge in [-0.3, -0.25) is 14.6 Å². The van der Waals surface area contributed by atoms with E-state index in [4.69, 9.17) is 9.31 Å². The summed E-state index contributed by atoms with van der Waals surface area (Å²) in [5, 5.41) is 12.3. The fraction of sp³-hybridized carbons (Fsp3) is 0.667. The summed E-state index contributed by atoms with van der Waals surface area (Å²) in [5.41, 5.74) is 0.200. The molecule has 1 aromatic carbocycles. The number of carbonyl (C=O) groups excluding carboxylic acids is 2. The lowest BCUT2D eigenvalue weighted by Gasteiger charge is -2.36. The maximum atomic E-state index is 13.8. The summed E-state index contributed by atoms with van der Waals surface area (Å²) >= 11 is 0. The first-order valence-electron chi connectivity index (χ1n) is 16.2. The van der Waals surface area contributed by atoms with Crippen LogP contribution in [0.5, 0.6) is 0 Å². The second kappa shape index (κ2) is 18.2. The van der Waals surface area contributed by atoms with E-state index in [-0.39, 0.29) is 21.8 Å². The van der Waals surface area contributed by atoms with Gasteiger partial charge in [0.05, 0.1) is 17.1 Å². The molecule has 2 aliphatic rings. The highest BCUT2D eigenvalue weighted by atomic mass is 16.7. The van der Waals surface area contributed by atoms with Crippen molar-refractivity contribution in [2.24, 2.45) is 10.9 Å². The van der Waals surface area contributed by atoms with Gasteiger partial charge in [-0.15, -0.1) is 0 Å². The Hall–Kier alpha value is -2.69. The van der Waals surface area contributed by atoms with Crippen LogP contribution in [0.2, 0.25) is 0 Å². The maximum absolute atomic E-state index is 13.8. The van der Waals surface area contributed by atoms with Crippen molar-refractivity contribution in [3.8, 4) is 0 Å². The Morgan fingerprint density at radius 2 is 1.74 bits per heavy atom. The number of carbonyl (C=O) groups is 2. The molecule has 0 aliphatic carbocycles. The van der Waals surface area contributed by atoms with Gasteiger partial charge >= 0.3 is 7.12 Å². The minimum atomic E-state index is -0.795. The Morgan fingerprint density at radius 1 is 1.05 bits per heavy atom. The quantitative estimate of drug-likeness (QED) is 0.151. The van der Waals surface area contributed by atoms with Crippen molar-refractivity contribution in [1.82, 2.24) is 21.3 Å². The van der Waals surface area contributed by atoms with Gasteiger partial charge < -0.3 is 30.6 Å². The van der Waals surface area contributed by atoms with Crippen LogP contribution in [0.25, 0.3) is 0 Å². The second-order valence-corrected chi connectivity index (χ2v) is 12.3. The molecule has 0 bridgehead atoms. The number of aliphatic imine (C=N–C) groups is 1. The highest BCUT2D eigenvalue weighted by Crippen LogP contribution is 2.42. The Labute approximate surface area is 265 Å². The fourth-order valence-electron chi connectivity index (χ4n) is 5.31. The molecule has 9 nitrogen and oxygen atoms in total. The molecule has 246 valence electrons. The molecule has 1 fully saturated rings. The zero-order chi connectivity index (χ0) is 31.9. The van der Waals surface area contributed by atoms with Crippen LogP contribution < -0.4 is 21.3 Å². The summed E-state index contributed by atoms with van der Waals surface area (Å²) < 4.78 is 13.2. The van der Waals surface area contributed by atoms with Gasteiger partial charge in [0, 0.05) is 29.7 Å². The van der Waals surface area contributed by atoms with Crippen molar-refractivity contribution >= 4 is 25.1 Å². The largest absolute Gasteiger partial charge is 0.481 e. The van der Waals surface area contributed by atoms with Gasteiger partial charge in [0.25, 0.3) is 5.91 Å². The molecule has 3 atom stereocenters. The topological polar surface area (TPSA) is 113 Å². The van der Waals surface area contributed by atoms with Crippen LogP contribution in [0, 0.1) is 5.92 Å². The van der Waals surface area contributed by atoms with Crippen molar-refractivity contribution in [2.75, 3.05) is 20.1 Å². The Morgan fingerprint density at radius 3 is 2.37 bits per heavy atom. The molecular weight excluding hydrogens is 541 g/mol. The number of hydrogen-bond acceptors (Lipinski definition) is 7. The molecule has 0 radical (unpaired) electrons. The molecule has 0 aromatic heterocycles. The van der Waals surface area contributed by atoms with Gasteiger partial charge in [0.15, 0.2) is 0 Å². The summed E-state index contributed by atoms with van der Waals surface area (Å²) in [5.74, 6) is -0.751. The zero-order valence-electron chi connectivity index (χ0n) is 27.8. The summed E-state index contributed by atoms with van der Waals surface area (Å²) in [6, 6.07) is 8.89. The number of nitrogens with zero attached hydrogens (tertiary/aromatic N) is 1. The molecule has 2 amide bonds. The molecule has 3 unspecified atom stereocenters. The van der Waals surface area contributed by atoms with E-state index in [1.54, 1.807) is 12.4 Å². The second-order valence-electron chi connectivity index (χ2n) is 12.3. The molecule has 1 saturated heterocycles. The van der Waals surface area contributed by atoms with Crippen LogP contribution in [0.15, 0.2) is 47.2 Å². The first-order chi connectivity index (χ1) is 20.5. The first kappa shape index (κ1) is 36.5. The van der Waals surface area contributed by atoms with Crippen molar-refractivity contribution in [3.63, 3.8) is 0 Å². The van der Waals surface area contributed by atoms with Gasteiger partial charge in [-0.25, -0.2) is 0 Å². The van der Waals surface area contributed by atoms with Crippen LogP contribution >= 0.6 is 0 Å². The lowest BCUT2D eigenvalue weighted by atomic mass is 9.73. The van der Waals surface area contributed by atoms with Gasteiger partial charge in [0.1, 0.15) is 11.7 Å². The molecule has 3 rings (SSSR count). The summed E-state index contributed by atoms with van der Waals surface area (Å²) in [6.45, 7) is 16.1. The van der Waals surface area contributed by atoms with Gasteiger partial charge in [-0.2, -0.15) is 0 Å². The van der Waals surface area contributed by atoms with E-state index in [1.807, 2.05) is 51.2 Å². The molecule has 2 aliphatic heterocycles. The van der Waals surface area contributed by atoms with Crippen LogP contribution in [-0.4, -0.2) is 68.5 Å². The predicted molar refractivity (Wildman–Crippen MR) is 183 cm³/mol. The molecule has 0 spiro atoms. The van der Waals surface area contributed by atoms with Crippen LogP contribution in [0.4, 0.5) is 0 Å². The Bertz CT molecular complexity index is 1060. The minimum absolute atomic E-state index is 0. The lowest BCUT2D eigenvalue weighted by molar-refractivity contribution is -0.127. The minimum Gasteiger partial charge on any atom is -0.402 e. The summed E-state index contributed by atoms with van der Waals surface area (Å²) in [4.78, 5) is 31.0. The number of nitrogens with one attached hydrogen (secondary N) is 4. The van der Waals surface area contributed by atoms with Crippen LogP contribution in [0.1, 0.15) is 96.8 Å². The SMILES string of the molecule is CC.CNCCCCCCC1(C)OB(C(CC(C)C)NC(=O)C(Cc2ccccc2)NC(=O)C2=CNCC=N2)OC1(C)C.[HH].[HH].[HH]. The molecule has 1 aromatic rings. The van der Waals surface area contributed by atoms with Crippen molar-refractivity contribution in [3.05, 3.63) is 47.8 Å². The number of rotatable bonds is 16. The number of benzene rings is 1. The third-order valence-electron chi connectivity index (χ3n) is 8.09. The number of amides is 2. The van der Waals surface area contributed by atoms with Crippen molar-refractivity contribution in [2.45, 2.75) is 117 Å². The smallest absolute Gasteiger partial charge is 0.402 e. The van der Waals surface area contributed by atoms with Crippen LogP contribution in [-0.2, 0) is 25.3 Å². The number of hydrogen-bond donors (Lipinski definition) is 4. The molecule has 2 heterocycles. The Balaban J connectivity index is 0. The summed E-state index contributed by atoms with van der Waals surface area (Å²) in [7, 11) is 1.39. The average Bonchev–Trinajstić information content (AvgIpc) is 3.24. The predicted octanol–water partition coefficient (Wildman–Crippen LogP) is 5.31. The number of unbranched alkanes of at least 4 members (excludes halogenated alkanes) is 3. The highest BCUT2D eigenvalue weighted by Gasteiger charge is 2.56. The monoisotopic (exact) mass is 603 g/mol. The fourth-order valence-corrected chi connectivity index (χ4v) is 5.31. The standard InChI is InChI=1S/C31H50BN5O4.C2H6.3H2/c1-23(2)20-27(32-40-30(3,4)31(5,41-32)16-12-7-8-13-17-33-6)37-28(38)25(21-24-14-10-9-11-15-24)36-29(39)26-22-34-18-19-35-26;1-2;;;/h9-11,14-15,19,22-23,25,27,33-34H,7-8,12-13,16-18,20-21H2,1-6H3,(H,36,39)(H,37,38);1-2H3;3*1H. The highest BCUT2D eigenvalue weighted by molar-refractivity contribution is 6.48. The average molecular weight is 604 g/mol. The van der Waals surface area contributed by atoms with Gasteiger partial charge in [-0.1, -0.05) is 77.3 Å². The van der Waals surface area contributed by atoms with E-state index in [2.05, 4.69) is 60.9 Å². The van der Waals surface area contributed by atoms with Crippen molar-refractivity contribution < 1.29 is 23.2 Å². The lowest BCUT2D eigenvalue weighted by Crippen LogP contribution is -2.55. The van der Waals surface area contributed by atoms with Crippen molar-refractivity contribution in [1.29, 1.82) is 0 Å². The van der Waals surface area contributed by atoms with E-state index in [1.165, 1.54) is 12.8 Å². The van der Waals surface area contributed by atoms with E-state index in [0.717, 1.165) is 31.4 Å². The molecule has 43 heavy (non-hydrogen) atoms. The van der Waals surface area contributed by atoms with E-state index >= 15 is 0 Å². The Kier molecular flexibility index (Phi) is 15.5. The normalized spacial score (nSPS) is 20.4. The van der Waals surface area contributed by atoms with Gasteiger partial charge in [0.2, 0.25) is 5.91 Å². The van der Waals surface area contributed by atoms with Crippen LogP contribution in [0.3, 0.4) is 0 Å². The third-order valence-corrected chi connectivity index (χ3v) is 8.09. The third kappa shape index (κ3) is 11.4.